The molecule has 3 amide bonds. The molecule has 5 N–H and O–H groups in total. The van der Waals surface area contributed by atoms with Gasteiger partial charge in [-0.2, -0.15) is 11.8 Å². The lowest BCUT2D eigenvalue weighted by molar-refractivity contribution is -0.124. The van der Waals surface area contributed by atoms with Crippen molar-refractivity contribution in [2.45, 2.75) is 50.2 Å². The lowest BCUT2D eigenvalue weighted by Crippen LogP contribution is -2.52. The zero-order chi connectivity index (χ0) is 15.0. The van der Waals surface area contributed by atoms with Crippen LogP contribution in [0, 0.1) is 0 Å². The molecule has 1 rings (SSSR count). The number of nitrogens with two attached hydrogens (primary N) is 1. The van der Waals surface area contributed by atoms with Gasteiger partial charge < -0.3 is 21.5 Å². The van der Waals surface area contributed by atoms with Gasteiger partial charge in [-0.25, -0.2) is 4.79 Å². The minimum Gasteiger partial charge on any atom is -0.388 e. The fourth-order valence-corrected chi connectivity index (χ4v) is 2.91. The van der Waals surface area contributed by atoms with Crippen LogP contribution in [0.3, 0.4) is 0 Å². The Morgan fingerprint density at radius 2 is 2.00 bits per heavy atom. The Morgan fingerprint density at radius 3 is 2.55 bits per heavy atom. The average molecular weight is 303 g/mol. The van der Waals surface area contributed by atoms with Crippen molar-refractivity contribution in [1.29, 1.82) is 0 Å². The van der Waals surface area contributed by atoms with E-state index in [1.54, 1.807) is 11.8 Å². The number of aliphatic hydroxyl groups is 1. The summed E-state index contributed by atoms with van der Waals surface area (Å²) in [6, 6.07) is -1.34. The number of hydrogen-bond acceptors (Lipinski definition) is 4. The maximum Gasteiger partial charge on any atom is 0.312 e. The number of urea groups is 1. The Morgan fingerprint density at radius 1 is 1.35 bits per heavy atom. The Balaban J connectivity index is 2.45. The molecule has 1 unspecified atom stereocenters. The third kappa shape index (κ3) is 6.00. The summed E-state index contributed by atoms with van der Waals surface area (Å²) in [4.78, 5) is 23.0. The first-order chi connectivity index (χ1) is 9.47. The fraction of sp³-hybridized carbons (Fsp3) is 0.846. The first kappa shape index (κ1) is 17.1. The Hall–Kier alpha value is -0.950. The molecule has 0 radical (unpaired) electrons. The van der Waals surface area contributed by atoms with Crippen molar-refractivity contribution < 1.29 is 14.7 Å². The van der Waals surface area contributed by atoms with Crippen LogP contribution in [0.25, 0.3) is 0 Å². The third-order valence-corrected chi connectivity index (χ3v) is 4.26. The first-order valence-corrected chi connectivity index (χ1v) is 8.41. The molecule has 1 aliphatic carbocycles. The predicted octanol–water partition coefficient (Wildman–Crippen LogP) is 0.588. The van der Waals surface area contributed by atoms with E-state index in [4.69, 9.17) is 5.73 Å². The van der Waals surface area contributed by atoms with Crippen LogP contribution in [0.15, 0.2) is 0 Å². The van der Waals surface area contributed by atoms with Crippen LogP contribution >= 0.6 is 11.8 Å². The lowest BCUT2D eigenvalue weighted by atomic mass is 9.85. The molecule has 1 saturated carbocycles. The van der Waals surface area contributed by atoms with E-state index < -0.39 is 17.7 Å². The van der Waals surface area contributed by atoms with Crippen LogP contribution in [0.4, 0.5) is 4.79 Å². The second-order valence-corrected chi connectivity index (χ2v) is 6.33. The zero-order valence-corrected chi connectivity index (χ0v) is 12.8. The van der Waals surface area contributed by atoms with Crippen molar-refractivity contribution in [3.8, 4) is 0 Å². The van der Waals surface area contributed by atoms with Crippen molar-refractivity contribution in [3.05, 3.63) is 0 Å². The molecule has 0 spiro atoms. The van der Waals surface area contributed by atoms with Gasteiger partial charge in [-0.15, -0.1) is 0 Å². The summed E-state index contributed by atoms with van der Waals surface area (Å²) in [5.41, 5.74) is 4.28. The summed E-state index contributed by atoms with van der Waals surface area (Å²) in [5.74, 6) is 0.472. The number of nitrogens with one attached hydrogen (secondary N) is 2. The number of carbonyl (C=O) groups is 2. The quantitative estimate of drug-likeness (QED) is 0.552. The smallest absolute Gasteiger partial charge is 0.312 e. The van der Waals surface area contributed by atoms with Gasteiger partial charge in [0.1, 0.15) is 6.04 Å². The normalized spacial score (nSPS) is 19.1. The molecule has 0 bridgehead atoms. The number of hydrogen-bond donors (Lipinski definition) is 4. The molecule has 1 fully saturated rings. The molecule has 0 aromatic rings. The van der Waals surface area contributed by atoms with Crippen LogP contribution in [-0.4, -0.2) is 47.2 Å². The molecule has 1 atom stereocenters. The molecular formula is C13H25N3O3S. The highest BCUT2D eigenvalue weighted by Gasteiger charge is 2.30. The van der Waals surface area contributed by atoms with Crippen LogP contribution in [0.2, 0.25) is 0 Å². The molecule has 6 nitrogen and oxygen atoms in total. The van der Waals surface area contributed by atoms with Crippen molar-refractivity contribution in [3.63, 3.8) is 0 Å². The summed E-state index contributed by atoms with van der Waals surface area (Å²) in [6.45, 7) is 0.238. The Bertz CT molecular complexity index is 333. The fourth-order valence-electron chi connectivity index (χ4n) is 2.44. The molecule has 0 aromatic carbocycles. The molecule has 0 aromatic heterocycles. The SMILES string of the molecule is CSCCC(NC(N)=O)C(=O)NCC1(O)CCCCC1. The van der Waals surface area contributed by atoms with E-state index in [1.165, 1.54) is 0 Å². The van der Waals surface area contributed by atoms with E-state index >= 15 is 0 Å². The zero-order valence-electron chi connectivity index (χ0n) is 12.0. The summed E-state index contributed by atoms with van der Waals surface area (Å²) >= 11 is 1.60. The maximum absolute atomic E-state index is 12.1. The monoisotopic (exact) mass is 303 g/mol. The number of rotatable bonds is 7. The third-order valence-electron chi connectivity index (χ3n) is 3.62. The van der Waals surface area contributed by atoms with Gasteiger partial charge in [0, 0.05) is 6.54 Å². The molecule has 7 heteroatoms. The van der Waals surface area contributed by atoms with Crippen LogP contribution in [0.5, 0.6) is 0 Å². The van der Waals surface area contributed by atoms with Crippen molar-refractivity contribution in [1.82, 2.24) is 10.6 Å². The van der Waals surface area contributed by atoms with Crippen molar-refractivity contribution in [2.24, 2.45) is 5.73 Å². The summed E-state index contributed by atoms with van der Waals surface area (Å²) in [7, 11) is 0. The highest BCUT2D eigenvalue weighted by atomic mass is 32.2. The minimum absolute atomic E-state index is 0.238. The molecule has 0 saturated heterocycles. The standard InChI is InChI=1S/C13H25N3O3S/c1-20-8-5-10(16-12(14)18)11(17)15-9-13(19)6-3-2-4-7-13/h10,19H,2-9H2,1H3,(H,15,17)(H3,14,16,18). The predicted molar refractivity (Wildman–Crippen MR) is 80.6 cm³/mol. The van der Waals surface area contributed by atoms with Crippen molar-refractivity contribution >= 4 is 23.7 Å². The molecule has 1 aliphatic rings. The van der Waals surface area contributed by atoms with Crippen LogP contribution in [0.1, 0.15) is 38.5 Å². The lowest BCUT2D eigenvalue weighted by Gasteiger charge is -2.32. The summed E-state index contributed by atoms with van der Waals surface area (Å²) < 4.78 is 0. The van der Waals surface area contributed by atoms with Gasteiger partial charge in [-0.3, -0.25) is 4.79 Å². The topological polar surface area (TPSA) is 104 Å². The van der Waals surface area contributed by atoms with E-state index in [0.29, 0.717) is 19.3 Å². The number of amides is 3. The van der Waals surface area contributed by atoms with E-state index in [9.17, 15) is 14.7 Å². The second-order valence-electron chi connectivity index (χ2n) is 5.35. The van der Waals surface area contributed by atoms with E-state index in [1.807, 2.05) is 6.26 Å². The van der Waals surface area contributed by atoms with E-state index in [2.05, 4.69) is 10.6 Å². The highest BCUT2D eigenvalue weighted by molar-refractivity contribution is 7.98. The van der Waals surface area contributed by atoms with Crippen LogP contribution < -0.4 is 16.4 Å². The average Bonchev–Trinajstić information content (AvgIpc) is 2.41. The molecule has 0 aliphatic heterocycles. The molecular weight excluding hydrogens is 278 g/mol. The van der Waals surface area contributed by atoms with Gasteiger partial charge in [-0.1, -0.05) is 19.3 Å². The summed E-state index contributed by atoms with van der Waals surface area (Å²) in [5, 5.41) is 15.5. The van der Waals surface area contributed by atoms with Gasteiger partial charge in [0.25, 0.3) is 0 Å². The van der Waals surface area contributed by atoms with Gasteiger partial charge >= 0.3 is 6.03 Å². The van der Waals surface area contributed by atoms with Gasteiger partial charge in [-0.05, 0) is 31.3 Å². The number of thioether (sulfide) groups is 1. The van der Waals surface area contributed by atoms with Crippen LogP contribution in [-0.2, 0) is 4.79 Å². The minimum atomic E-state index is -0.801. The molecule has 0 heterocycles. The molecule has 20 heavy (non-hydrogen) atoms. The number of carbonyl (C=O) groups excluding carboxylic acids is 2. The summed E-state index contributed by atoms with van der Waals surface area (Å²) in [6.07, 6.45) is 7.00. The second kappa shape index (κ2) is 8.36. The molecule has 116 valence electrons. The van der Waals surface area contributed by atoms with E-state index in [0.717, 1.165) is 25.0 Å². The van der Waals surface area contributed by atoms with Gasteiger partial charge in [0.15, 0.2) is 0 Å². The Kier molecular flexibility index (Phi) is 7.15. The van der Waals surface area contributed by atoms with Crippen molar-refractivity contribution in [2.75, 3.05) is 18.6 Å². The van der Waals surface area contributed by atoms with E-state index in [-0.39, 0.29) is 12.5 Å². The first-order valence-electron chi connectivity index (χ1n) is 7.02. The Labute approximate surface area is 124 Å². The van der Waals surface area contributed by atoms with Gasteiger partial charge in [0.2, 0.25) is 5.91 Å². The number of primary amides is 1. The largest absolute Gasteiger partial charge is 0.388 e. The maximum atomic E-state index is 12.1. The highest BCUT2D eigenvalue weighted by Crippen LogP contribution is 2.27. The van der Waals surface area contributed by atoms with Gasteiger partial charge in [0.05, 0.1) is 5.60 Å².